The maximum Gasteiger partial charge on any atom is 0.246 e. The Hall–Kier alpha value is -1.55. The van der Waals surface area contributed by atoms with Crippen LogP contribution in [0.25, 0.3) is 0 Å². The van der Waals surface area contributed by atoms with Crippen LogP contribution < -0.4 is 10.1 Å². The molecule has 1 aromatic carbocycles. The second kappa shape index (κ2) is 4.04. The van der Waals surface area contributed by atoms with Gasteiger partial charge in [0.2, 0.25) is 5.91 Å². The number of methoxy groups -OCH3 is 1. The zero-order chi connectivity index (χ0) is 11.8. The van der Waals surface area contributed by atoms with Crippen LogP contribution in [0.1, 0.15) is 11.1 Å². The second-order valence-corrected chi connectivity index (χ2v) is 4.53. The first-order valence-corrected chi connectivity index (χ1v) is 5.83. The molecule has 0 radical (unpaired) electrons. The monoisotopic (exact) mass is 233 g/mol. The van der Waals surface area contributed by atoms with Gasteiger partial charge in [0.25, 0.3) is 0 Å². The van der Waals surface area contributed by atoms with Crippen molar-refractivity contribution >= 4 is 5.91 Å². The molecule has 1 N–H and O–H groups in total. The van der Waals surface area contributed by atoms with Crippen LogP contribution in [0.15, 0.2) is 18.2 Å². The lowest BCUT2D eigenvalue weighted by Crippen LogP contribution is -2.55. The highest BCUT2D eigenvalue weighted by Gasteiger charge is 2.35. The lowest BCUT2D eigenvalue weighted by Gasteiger charge is -2.37. The van der Waals surface area contributed by atoms with E-state index in [2.05, 4.69) is 11.4 Å². The molecule has 1 aliphatic carbocycles. The largest absolute Gasteiger partial charge is 0.496 e. The Morgan fingerprint density at radius 1 is 1.41 bits per heavy atom. The standard InChI is InChI=1S/C13H15NO3/c1-16-11-4-2-3-8-5-10-12(6-9(8)11)17-7-13(15)14-10/h2-4,10,12H,5-7H2,1H3,(H,14,15)/t10?,12-/m1/s1. The number of benzene rings is 1. The van der Waals surface area contributed by atoms with Crippen LogP contribution in [0, 0.1) is 0 Å². The van der Waals surface area contributed by atoms with Crippen LogP contribution in [0.2, 0.25) is 0 Å². The van der Waals surface area contributed by atoms with Gasteiger partial charge in [-0.15, -0.1) is 0 Å². The number of hydrogen-bond acceptors (Lipinski definition) is 3. The SMILES string of the molecule is COc1cccc2c1C[C@H]1OCC(=O)NC1C2. The van der Waals surface area contributed by atoms with E-state index < -0.39 is 0 Å². The topological polar surface area (TPSA) is 47.6 Å². The minimum Gasteiger partial charge on any atom is -0.496 e. The van der Waals surface area contributed by atoms with E-state index in [0.29, 0.717) is 0 Å². The summed E-state index contributed by atoms with van der Waals surface area (Å²) in [7, 11) is 1.69. The molecule has 0 aromatic heterocycles. The first-order valence-electron chi connectivity index (χ1n) is 5.83. The summed E-state index contributed by atoms with van der Waals surface area (Å²) in [4.78, 5) is 11.3. The first-order chi connectivity index (χ1) is 8.28. The van der Waals surface area contributed by atoms with Gasteiger partial charge in [0.15, 0.2) is 0 Å². The van der Waals surface area contributed by atoms with Gasteiger partial charge in [-0.1, -0.05) is 12.1 Å². The van der Waals surface area contributed by atoms with Crippen LogP contribution in [0.4, 0.5) is 0 Å². The predicted octanol–water partition coefficient (Wildman–Crippen LogP) is 0.677. The van der Waals surface area contributed by atoms with Crippen molar-refractivity contribution in [2.45, 2.75) is 25.0 Å². The fraction of sp³-hybridized carbons (Fsp3) is 0.462. The molecule has 1 saturated heterocycles. The summed E-state index contributed by atoms with van der Waals surface area (Å²) < 4.78 is 11.0. The third-order valence-electron chi connectivity index (χ3n) is 3.52. The van der Waals surface area contributed by atoms with Gasteiger partial charge in [-0.2, -0.15) is 0 Å². The molecule has 90 valence electrons. The van der Waals surface area contributed by atoms with Crippen LogP contribution in [0.3, 0.4) is 0 Å². The quantitative estimate of drug-likeness (QED) is 0.776. The molecule has 2 atom stereocenters. The number of morpholine rings is 1. The van der Waals surface area contributed by atoms with E-state index in [1.165, 1.54) is 11.1 Å². The maximum atomic E-state index is 11.3. The normalized spacial score (nSPS) is 26.8. The minimum absolute atomic E-state index is 0.0161. The van der Waals surface area contributed by atoms with E-state index in [0.717, 1.165) is 18.6 Å². The van der Waals surface area contributed by atoms with Gasteiger partial charge in [0.05, 0.1) is 19.3 Å². The second-order valence-electron chi connectivity index (χ2n) is 4.53. The molecule has 3 rings (SSSR count). The highest BCUT2D eigenvalue weighted by atomic mass is 16.5. The van der Waals surface area contributed by atoms with E-state index in [1.807, 2.05) is 12.1 Å². The molecular formula is C13H15NO3. The van der Waals surface area contributed by atoms with Crippen molar-refractivity contribution in [1.82, 2.24) is 5.32 Å². The Labute approximate surface area is 99.9 Å². The number of carbonyl (C=O) groups excluding carboxylic acids is 1. The number of ether oxygens (including phenoxy) is 2. The van der Waals surface area contributed by atoms with Gasteiger partial charge < -0.3 is 14.8 Å². The molecule has 2 aliphatic rings. The Morgan fingerprint density at radius 3 is 3.12 bits per heavy atom. The van der Waals surface area contributed by atoms with Crippen molar-refractivity contribution in [3.8, 4) is 5.75 Å². The molecule has 0 saturated carbocycles. The third kappa shape index (κ3) is 1.78. The van der Waals surface area contributed by atoms with E-state index in [9.17, 15) is 4.79 Å². The molecule has 1 unspecified atom stereocenters. The van der Waals surface area contributed by atoms with Crippen molar-refractivity contribution in [2.24, 2.45) is 0 Å². The summed E-state index contributed by atoms with van der Waals surface area (Å²) >= 11 is 0. The summed E-state index contributed by atoms with van der Waals surface area (Å²) in [6, 6.07) is 6.16. The van der Waals surface area contributed by atoms with Crippen molar-refractivity contribution in [3.63, 3.8) is 0 Å². The van der Waals surface area contributed by atoms with Gasteiger partial charge in [-0.05, 0) is 18.1 Å². The fourth-order valence-electron chi connectivity index (χ4n) is 2.69. The molecule has 1 amide bonds. The maximum absolute atomic E-state index is 11.3. The van der Waals surface area contributed by atoms with Gasteiger partial charge in [-0.25, -0.2) is 0 Å². The molecule has 1 fully saturated rings. The number of fused-ring (bicyclic) bond motifs is 2. The Balaban J connectivity index is 1.93. The predicted molar refractivity (Wildman–Crippen MR) is 62.1 cm³/mol. The highest BCUT2D eigenvalue weighted by Crippen LogP contribution is 2.31. The average molecular weight is 233 g/mol. The number of hydrogen-bond donors (Lipinski definition) is 1. The van der Waals surface area contributed by atoms with Crippen molar-refractivity contribution < 1.29 is 14.3 Å². The van der Waals surface area contributed by atoms with Crippen LogP contribution in [-0.2, 0) is 22.4 Å². The van der Waals surface area contributed by atoms with Crippen LogP contribution >= 0.6 is 0 Å². The Bertz CT molecular complexity index is 458. The van der Waals surface area contributed by atoms with E-state index in [4.69, 9.17) is 9.47 Å². The summed E-state index contributed by atoms with van der Waals surface area (Å²) in [5.41, 5.74) is 2.46. The summed E-state index contributed by atoms with van der Waals surface area (Å²) in [5.74, 6) is 0.902. The van der Waals surface area contributed by atoms with Crippen molar-refractivity contribution in [2.75, 3.05) is 13.7 Å². The third-order valence-corrected chi connectivity index (χ3v) is 3.52. The molecule has 1 heterocycles. The van der Waals surface area contributed by atoms with E-state index >= 15 is 0 Å². The number of amides is 1. The van der Waals surface area contributed by atoms with Gasteiger partial charge >= 0.3 is 0 Å². The number of rotatable bonds is 1. The van der Waals surface area contributed by atoms with Gasteiger partial charge in [-0.3, -0.25) is 4.79 Å². The molecule has 1 aromatic rings. The molecule has 17 heavy (non-hydrogen) atoms. The van der Waals surface area contributed by atoms with Crippen LogP contribution in [0.5, 0.6) is 5.75 Å². The molecule has 1 aliphatic heterocycles. The summed E-state index contributed by atoms with van der Waals surface area (Å²) in [6.07, 6.45) is 1.71. The van der Waals surface area contributed by atoms with Crippen LogP contribution in [-0.4, -0.2) is 31.8 Å². The smallest absolute Gasteiger partial charge is 0.246 e. The molecule has 4 heteroatoms. The van der Waals surface area contributed by atoms with Gasteiger partial charge in [0.1, 0.15) is 12.4 Å². The lowest BCUT2D eigenvalue weighted by molar-refractivity contribution is -0.137. The van der Waals surface area contributed by atoms with Crippen molar-refractivity contribution in [3.05, 3.63) is 29.3 Å². The first kappa shape index (κ1) is 10.6. The minimum atomic E-state index is -0.0161. The highest BCUT2D eigenvalue weighted by molar-refractivity contribution is 5.78. The van der Waals surface area contributed by atoms with Crippen molar-refractivity contribution in [1.29, 1.82) is 0 Å². The van der Waals surface area contributed by atoms with E-state index in [1.54, 1.807) is 7.11 Å². The molecular weight excluding hydrogens is 218 g/mol. The molecule has 0 spiro atoms. The molecule has 0 bridgehead atoms. The fourth-order valence-corrected chi connectivity index (χ4v) is 2.69. The summed E-state index contributed by atoms with van der Waals surface area (Å²) in [6.45, 7) is 0.172. The zero-order valence-electron chi connectivity index (χ0n) is 9.73. The van der Waals surface area contributed by atoms with E-state index in [-0.39, 0.29) is 24.7 Å². The Morgan fingerprint density at radius 2 is 2.29 bits per heavy atom. The number of nitrogens with one attached hydrogen (secondary N) is 1. The zero-order valence-corrected chi connectivity index (χ0v) is 9.73. The molecule has 4 nitrogen and oxygen atoms in total. The summed E-state index contributed by atoms with van der Waals surface area (Å²) in [5, 5.41) is 2.99. The average Bonchev–Trinajstić information content (AvgIpc) is 2.35. The van der Waals surface area contributed by atoms with Gasteiger partial charge in [0, 0.05) is 12.0 Å². The number of carbonyl (C=O) groups is 1. The Kier molecular flexibility index (Phi) is 2.52. The lowest BCUT2D eigenvalue weighted by atomic mass is 9.85.